The Hall–Kier alpha value is -1.46. The van der Waals surface area contributed by atoms with Crippen molar-refractivity contribution in [3.05, 3.63) is 24.3 Å². The Labute approximate surface area is 169 Å². The largest absolute Gasteiger partial charge is 0.494 e. The van der Waals surface area contributed by atoms with Crippen LogP contribution in [-0.4, -0.2) is 42.8 Å². The van der Waals surface area contributed by atoms with Crippen LogP contribution in [0.1, 0.15) is 58.3 Å². The van der Waals surface area contributed by atoms with E-state index in [9.17, 15) is 4.79 Å². The van der Waals surface area contributed by atoms with Crippen molar-refractivity contribution in [3.63, 3.8) is 0 Å². The Morgan fingerprint density at radius 3 is 2.48 bits per heavy atom. The van der Waals surface area contributed by atoms with E-state index in [2.05, 4.69) is 17.1 Å². The number of piperidine rings is 1. The first-order valence-electron chi connectivity index (χ1n) is 10.2. The van der Waals surface area contributed by atoms with Gasteiger partial charge in [-0.15, -0.1) is 12.4 Å². The average Bonchev–Trinajstić information content (AvgIpc) is 2.68. The molecule has 2 fully saturated rings. The van der Waals surface area contributed by atoms with Crippen LogP contribution in [0.2, 0.25) is 0 Å². The molecule has 1 aliphatic carbocycles. The number of carbonyl (C=O) groups excluding carboxylic acids is 1. The van der Waals surface area contributed by atoms with E-state index >= 15 is 0 Å². The topological polar surface area (TPSA) is 50.8 Å². The van der Waals surface area contributed by atoms with Gasteiger partial charge in [-0.1, -0.05) is 19.8 Å². The van der Waals surface area contributed by atoms with Crippen molar-refractivity contribution in [1.29, 1.82) is 0 Å². The smallest absolute Gasteiger partial charge is 0.411 e. The number of hydrogen-bond donors (Lipinski definition) is 1. The van der Waals surface area contributed by atoms with E-state index < -0.39 is 0 Å². The summed E-state index contributed by atoms with van der Waals surface area (Å²) in [5, 5.41) is 2.86. The predicted octanol–water partition coefficient (Wildman–Crippen LogP) is 5.24. The summed E-state index contributed by atoms with van der Waals surface area (Å²) in [7, 11) is 0. The van der Waals surface area contributed by atoms with Crippen molar-refractivity contribution in [1.82, 2.24) is 4.90 Å². The summed E-state index contributed by atoms with van der Waals surface area (Å²) < 4.78 is 11.4. The lowest BCUT2D eigenvalue weighted by atomic mass is 9.90. The minimum absolute atomic E-state index is 0. The minimum atomic E-state index is -0.346. The zero-order valence-corrected chi connectivity index (χ0v) is 17.1. The molecule has 0 bridgehead atoms. The number of nitrogens with one attached hydrogen (secondary N) is 1. The average molecular weight is 397 g/mol. The molecule has 0 aromatic heterocycles. The van der Waals surface area contributed by atoms with Crippen molar-refractivity contribution in [2.75, 3.05) is 25.0 Å². The van der Waals surface area contributed by atoms with Gasteiger partial charge in [0.2, 0.25) is 0 Å². The van der Waals surface area contributed by atoms with Crippen LogP contribution in [0.15, 0.2) is 24.3 Å². The Morgan fingerprint density at radius 2 is 1.78 bits per heavy atom. The highest BCUT2D eigenvalue weighted by Crippen LogP contribution is 2.28. The van der Waals surface area contributed by atoms with Crippen LogP contribution in [0.5, 0.6) is 5.75 Å². The molecule has 1 saturated heterocycles. The zero-order valence-electron chi connectivity index (χ0n) is 16.3. The maximum absolute atomic E-state index is 12.4. The Morgan fingerprint density at radius 1 is 1.07 bits per heavy atom. The molecule has 1 heterocycles. The molecule has 1 aliphatic heterocycles. The van der Waals surface area contributed by atoms with Gasteiger partial charge in [0.15, 0.2) is 0 Å². The van der Waals surface area contributed by atoms with Gasteiger partial charge in [-0.05, 0) is 75.9 Å². The van der Waals surface area contributed by atoms with E-state index in [4.69, 9.17) is 9.47 Å². The van der Waals surface area contributed by atoms with Crippen LogP contribution in [-0.2, 0) is 4.74 Å². The van der Waals surface area contributed by atoms with E-state index in [0.717, 1.165) is 50.2 Å². The van der Waals surface area contributed by atoms with Crippen LogP contribution < -0.4 is 10.1 Å². The quantitative estimate of drug-likeness (QED) is 0.714. The van der Waals surface area contributed by atoms with Gasteiger partial charge in [-0.25, -0.2) is 4.79 Å². The molecule has 2 unspecified atom stereocenters. The fraction of sp³-hybridized carbons (Fsp3) is 0.667. The number of hydrogen-bond acceptors (Lipinski definition) is 4. The SMILES string of the molecule is CCCOc1ccc(NC(=O)OC2CCCCC2N2CCCCC2)cc1.Cl. The van der Waals surface area contributed by atoms with Crippen LogP contribution in [0.3, 0.4) is 0 Å². The van der Waals surface area contributed by atoms with Crippen LogP contribution in [0, 0.1) is 0 Å². The summed E-state index contributed by atoms with van der Waals surface area (Å²) in [5.41, 5.74) is 0.740. The van der Waals surface area contributed by atoms with Gasteiger partial charge in [0, 0.05) is 11.7 Å². The number of anilines is 1. The Balaban J connectivity index is 0.00000261. The molecule has 3 rings (SSSR count). The zero-order chi connectivity index (χ0) is 18.2. The van der Waals surface area contributed by atoms with E-state index in [0.29, 0.717) is 12.6 Å². The fourth-order valence-corrected chi connectivity index (χ4v) is 4.02. The highest BCUT2D eigenvalue weighted by atomic mass is 35.5. The first-order valence-corrected chi connectivity index (χ1v) is 10.2. The van der Waals surface area contributed by atoms with Gasteiger partial charge in [-0.3, -0.25) is 10.2 Å². The molecule has 0 radical (unpaired) electrons. The third-order valence-corrected chi connectivity index (χ3v) is 5.36. The molecule has 152 valence electrons. The normalized spacial score (nSPS) is 23.1. The molecule has 1 amide bonds. The number of nitrogens with zero attached hydrogens (tertiary/aromatic N) is 1. The maximum Gasteiger partial charge on any atom is 0.411 e. The number of likely N-dealkylation sites (tertiary alicyclic amines) is 1. The first kappa shape index (κ1) is 21.8. The van der Waals surface area contributed by atoms with Gasteiger partial charge >= 0.3 is 6.09 Å². The first-order chi connectivity index (χ1) is 12.8. The molecule has 5 nitrogen and oxygen atoms in total. The van der Waals surface area contributed by atoms with Gasteiger partial charge < -0.3 is 9.47 Å². The van der Waals surface area contributed by atoms with Crippen molar-refractivity contribution < 1.29 is 14.3 Å². The summed E-state index contributed by atoms with van der Waals surface area (Å²) in [6, 6.07) is 7.86. The van der Waals surface area contributed by atoms with E-state index in [1.54, 1.807) is 0 Å². The lowest BCUT2D eigenvalue weighted by Gasteiger charge is -2.41. The van der Waals surface area contributed by atoms with Crippen molar-refractivity contribution >= 4 is 24.2 Å². The lowest BCUT2D eigenvalue weighted by molar-refractivity contribution is 0.00174. The van der Waals surface area contributed by atoms with Crippen LogP contribution in [0.4, 0.5) is 10.5 Å². The summed E-state index contributed by atoms with van der Waals surface area (Å²) >= 11 is 0. The molecule has 6 heteroatoms. The minimum Gasteiger partial charge on any atom is -0.494 e. The Kier molecular flexibility index (Phi) is 9.22. The van der Waals surface area contributed by atoms with Crippen molar-refractivity contribution in [2.24, 2.45) is 0 Å². The summed E-state index contributed by atoms with van der Waals surface area (Å²) in [6.07, 6.45) is 8.99. The molecule has 1 aromatic carbocycles. The highest BCUT2D eigenvalue weighted by Gasteiger charge is 2.33. The van der Waals surface area contributed by atoms with E-state index in [1.807, 2.05) is 24.3 Å². The maximum atomic E-state index is 12.4. The number of halogens is 1. The number of benzene rings is 1. The molecule has 27 heavy (non-hydrogen) atoms. The molecule has 1 aromatic rings. The van der Waals surface area contributed by atoms with E-state index in [1.165, 1.54) is 25.7 Å². The molecule has 1 saturated carbocycles. The monoisotopic (exact) mass is 396 g/mol. The number of carbonyl (C=O) groups is 1. The summed E-state index contributed by atoms with van der Waals surface area (Å²) in [4.78, 5) is 14.9. The van der Waals surface area contributed by atoms with Gasteiger partial charge in [0.1, 0.15) is 11.9 Å². The van der Waals surface area contributed by atoms with Gasteiger partial charge in [-0.2, -0.15) is 0 Å². The van der Waals surface area contributed by atoms with Crippen LogP contribution in [0.25, 0.3) is 0 Å². The fourth-order valence-electron chi connectivity index (χ4n) is 4.02. The second-order valence-electron chi connectivity index (χ2n) is 7.39. The highest BCUT2D eigenvalue weighted by molar-refractivity contribution is 5.85. The van der Waals surface area contributed by atoms with Gasteiger partial charge in [0.05, 0.1) is 6.61 Å². The molecule has 0 spiro atoms. The molecule has 2 aliphatic rings. The second-order valence-corrected chi connectivity index (χ2v) is 7.39. The summed E-state index contributed by atoms with van der Waals surface area (Å²) in [5.74, 6) is 0.822. The van der Waals surface area contributed by atoms with E-state index in [-0.39, 0.29) is 24.6 Å². The number of ether oxygens (including phenoxy) is 2. The van der Waals surface area contributed by atoms with Crippen molar-refractivity contribution in [2.45, 2.75) is 70.4 Å². The second kappa shape index (κ2) is 11.4. The lowest BCUT2D eigenvalue weighted by Crippen LogP contribution is -2.49. The van der Waals surface area contributed by atoms with Gasteiger partial charge in [0.25, 0.3) is 0 Å². The number of amides is 1. The molecule has 1 N–H and O–H groups in total. The molecular weight excluding hydrogens is 364 g/mol. The number of rotatable bonds is 6. The summed E-state index contributed by atoms with van der Waals surface area (Å²) in [6.45, 7) is 5.07. The molecular formula is C21H33ClN2O3. The third kappa shape index (κ3) is 6.58. The third-order valence-electron chi connectivity index (χ3n) is 5.36. The molecule has 2 atom stereocenters. The van der Waals surface area contributed by atoms with Crippen molar-refractivity contribution in [3.8, 4) is 5.75 Å². The standard InChI is InChI=1S/C21H32N2O3.ClH/c1-2-16-25-18-12-10-17(11-13-18)22-21(24)26-20-9-5-4-8-19(20)23-14-6-3-7-15-23;/h10-13,19-20H,2-9,14-16H2,1H3,(H,22,24);1H. The predicted molar refractivity (Wildman–Crippen MR) is 111 cm³/mol. The van der Waals surface area contributed by atoms with Crippen LogP contribution >= 0.6 is 12.4 Å². The Bertz CT molecular complexity index is 561.